The van der Waals surface area contributed by atoms with Crippen molar-refractivity contribution in [3.8, 4) is 0 Å². The van der Waals surface area contributed by atoms with Gasteiger partial charge >= 0.3 is 0 Å². The van der Waals surface area contributed by atoms with Crippen LogP contribution in [0.1, 0.15) is 30.9 Å². The highest BCUT2D eigenvalue weighted by Crippen LogP contribution is 2.24. The van der Waals surface area contributed by atoms with Crippen LogP contribution in [0.25, 0.3) is 0 Å². The van der Waals surface area contributed by atoms with E-state index in [0.29, 0.717) is 12.1 Å². The van der Waals surface area contributed by atoms with E-state index in [2.05, 4.69) is 40.5 Å². The van der Waals surface area contributed by atoms with Gasteiger partial charge in [0.15, 0.2) is 0 Å². The first-order chi connectivity index (χ1) is 9.43. The summed E-state index contributed by atoms with van der Waals surface area (Å²) < 4.78 is 5.82. The Kier molecular flexibility index (Phi) is 4.49. The van der Waals surface area contributed by atoms with Gasteiger partial charge < -0.3 is 10.1 Å². The van der Waals surface area contributed by atoms with Gasteiger partial charge in [0.2, 0.25) is 0 Å². The third-order valence-electron chi connectivity index (χ3n) is 4.22. The minimum Gasteiger partial charge on any atom is -0.377 e. The van der Waals surface area contributed by atoms with Crippen molar-refractivity contribution in [3.05, 3.63) is 35.9 Å². The normalized spacial score (nSPS) is 29.3. The number of benzene rings is 1. The van der Waals surface area contributed by atoms with Crippen LogP contribution in [-0.4, -0.2) is 43.8 Å². The third-order valence-corrected chi connectivity index (χ3v) is 4.22. The maximum atomic E-state index is 5.82. The summed E-state index contributed by atoms with van der Waals surface area (Å²) in [5, 5.41) is 3.57. The zero-order valence-corrected chi connectivity index (χ0v) is 11.6. The van der Waals surface area contributed by atoms with Gasteiger partial charge in [0.05, 0.1) is 6.10 Å². The van der Waals surface area contributed by atoms with Gasteiger partial charge in [-0.2, -0.15) is 0 Å². The van der Waals surface area contributed by atoms with Crippen LogP contribution >= 0.6 is 0 Å². The number of hydrogen-bond donors (Lipinski definition) is 1. The highest BCUT2D eigenvalue weighted by Gasteiger charge is 2.26. The zero-order valence-electron chi connectivity index (χ0n) is 11.6. The molecule has 0 aliphatic carbocycles. The number of rotatable bonds is 3. The molecule has 3 rings (SSSR count). The van der Waals surface area contributed by atoms with E-state index in [0.717, 1.165) is 26.2 Å². The molecule has 1 aromatic rings. The third kappa shape index (κ3) is 3.35. The van der Waals surface area contributed by atoms with Gasteiger partial charge in [-0.25, -0.2) is 0 Å². The molecule has 0 amide bonds. The van der Waals surface area contributed by atoms with Gasteiger partial charge in [-0.1, -0.05) is 30.3 Å². The van der Waals surface area contributed by atoms with Crippen LogP contribution in [0.3, 0.4) is 0 Å². The summed E-state index contributed by atoms with van der Waals surface area (Å²) in [5.41, 5.74) is 1.43. The number of hydrogen-bond acceptors (Lipinski definition) is 3. The molecule has 0 radical (unpaired) electrons. The summed E-state index contributed by atoms with van der Waals surface area (Å²) >= 11 is 0. The molecule has 3 heteroatoms. The topological polar surface area (TPSA) is 24.5 Å². The fourth-order valence-corrected chi connectivity index (χ4v) is 3.20. The fraction of sp³-hybridized carbons (Fsp3) is 0.625. The molecule has 2 fully saturated rings. The Labute approximate surface area is 115 Å². The Hall–Kier alpha value is -0.900. The van der Waals surface area contributed by atoms with Crippen molar-refractivity contribution in [2.75, 3.05) is 32.8 Å². The van der Waals surface area contributed by atoms with Crippen molar-refractivity contribution in [2.24, 2.45) is 0 Å². The van der Waals surface area contributed by atoms with Crippen molar-refractivity contribution in [1.29, 1.82) is 0 Å². The largest absolute Gasteiger partial charge is 0.377 e. The fourth-order valence-electron chi connectivity index (χ4n) is 3.20. The summed E-state index contributed by atoms with van der Waals surface area (Å²) in [7, 11) is 0. The van der Waals surface area contributed by atoms with Gasteiger partial charge in [-0.05, 0) is 31.4 Å². The summed E-state index contributed by atoms with van der Waals surface area (Å²) in [6, 6.07) is 11.4. The standard InChI is InChI=1S/C16H24N2O/c1-2-6-14(7-3-1)16-12-17-9-5-10-18(16)13-15-8-4-11-19-15/h1-3,6-7,15-17H,4-5,8-13H2. The molecule has 2 saturated heterocycles. The Balaban J connectivity index is 1.72. The molecule has 0 spiro atoms. The summed E-state index contributed by atoms with van der Waals surface area (Å²) in [6.45, 7) is 5.39. The van der Waals surface area contributed by atoms with Gasteiger partial charge in [0, 0.05) is 32.3 Å². The van der Waals surface area contributed by atoms with E-state index in [4.69, 9.17) is 4.74 Å². The molecule has 3 nitrogen and oxygen atoms in total. The molecule has 104 valence electrons. The predicted molar refractivity (Wildman–Crippen MR) is 77.2 cm³/mol. The van der Waals surface area contributed by atoms with Crippen LogP contribution in [0.4, 0.5) is 0 Å². The first kappa shape index (κ1) is 13.1. The molecule has 2 aliphatic rings. The van der Waals surface area contributed by atoms with E-state index >= 15 is 0 Å². The Morgan fingerprint density at radius 2 is 2.11 bits per heavy atom. The van der Waals surface area contributed by atoms with E-state index in [9.17, 15) is 0 Å². The minimum absolute atomic E-state index is 0.448. The zero-order chi connectivity index (χ0) is 12.9. The summed E-state index contributed by atoms with van der Waals surface area (Å²) in [5.74, 6) is 0. The average molecular weight is 260 g/mol. The maximum Gasteiger partial charge on any atom is 0.0703 e. The van der Waals surface area contributed by atoms with Crippen LogP contribution < -0.4 is 5.32 Å². The van der Waals surface area contributed by atoms with E-state index in [1.54, 1.807) is 0 Å². The van der Waals surface area contributed by atoms with Gasteiger partial charge in [0.25, 0.3) is 0 Å². The van der Waals surface area contributed by atoms with E-state index in [1.165, 1.54) is 31.4 Å². The second kappa shape index (κ2) is 6.51. The van der Waals surface area contributed by atoms with Gasteiger partial charge in [-0.3, -0.25) is 4.90 Å². The number of ether oxygens (including phenoxy) is 1. The first-order valence-electron chi connectivity index (χ1n) is 7.55. The molecule has 2 atom stereocenters. The SMILES string of the molecule is c1ccc(C2CNCCCN2CC2CCCO2)cc1. The second-order valence-electron chi connectivity index (χ2n) is 5.61. The highest BCUT2D eigenvalue weighted by molar-refractivity contribution is 5.19. The summed E-state index contributed by atoms with van der Waals surface area (Å²) in [4.78, 5) is 2.62. The molecule has 2 unspecified atom stereocenters. The van der Waals surface area contributed by atoms with Gasteiger partial charge in [-0.15, -0.1) is 0 Å². The van der Waals surface area contributed by atoms with Crippen molar-refractivity contribution >= 4 is 0 Å². The average Bonchev–Trinajstić information content (AvgIpc) is 2.85. The summed E-state index contributed by atoms with van der Waals surface area (Å²) in [6.07, 6.45) is 4.14. The lowest BCUT2D eigenvalue weighted by Crippen LogP contribution is -2.37. The maximum absolute atomic E-state index is 5.82. The molecule has 0 saturated carbocycles. The quantitative estimate of drug-likeness (QED) is 0.901. The van der Waals surface area contributed by atoms with Crippen molar-refractivity contribution in [1.82, 2.24) is 10.2 Å². The van der Waals surface area contributed by atoms with Crippen molar-refractivity contribution in [3.63, 3.8) is 0 Å². The van der Waals surface area contributed by atoms with Crippen LogP contribution in [-0.2, 0) is 4.74 Å². The first-order valence-corrected chi connectivity index (χ1v) is 7.55. The minimum atomic E-state index is 0.448. The van der Waals surface area contributed by atoms with Crippen LogP contribution in [0.2, 0.25) is 0 Å². The molecular formula is C16H24N2O. The molecule has 2 aliphatic heterocycles. The molecule has 0 bridgehead atoms. The molecule has 0 aromatic heterocycles. The van der Waals surface area contributed by atoms with Crippen LogP contribution in [0.5, 0.6) is 0 Å². The van der Waals surface area contributed by atoms with E-state index < -0.39 is 0 Å². The number of nitrogens with zero attached hydrogens (tertiary/aromatic N) is 1. The van der Waals surface area contributed by atoms with Crippen molar-refractivity contribution < 1.29 is 4.74 Å². The van der Waals surface area contributed by atoms with Crippen molar-refractivity contribution in [2.45, 2.75) is 31.4 Å². The lowest BCUT2D eigenvalue weighted by Gasteiger charge is -2.31. The lowest BCUT2D eigenvalue weighted by atomic mass is 10.0. The monoisotopic (exact) mass is 260 g/mol. The molecule has 19 heavy (non-hydrogen) atoms. The second-order valence-corrected chi connectivity index (χ2v) is 5.61. The van der Waals surface area contributed by atoms with E-state index in [1.807, 2.05) is 0 Å². The number of nitrogens with one attached hydrogen (secondary N) is 1. The Morgan fingerprint density at radius 3 is 2.89 bits per heavy atom. The van der Waals surface area contributed by atoms with Crippen LogP contribution in [0.15, 0.2) is 30.3 Å². The van der Waals surface area contributed by atoms with Crippen LogP contribution in [0, 0.1) is 0 Å². The predicted octanol–water partition coefficient (Wildman–Crippen LogP) is 2.20. The molecule has 1 N–H and O–H groups in total. The molecular weight excluding hydrogens is 236 g/mol. The molecule has 2 heterocycles. The smallest absolute Gasteiger partial charge is 0.0703 e. The molecule has 1 aromatic carbocycles. The van der Waals surface area contributed by atoms with E-state index in [-0.39, 0.29) is 0 Å². The highest BCUT2D eigenvalue weighted by atomic mass is 16.5. The Morgan fingerprint density at radius 1 is 1.21 bits per heavy atom. The lowest BCUT2D eigenvalue weighted by molar-refractivity contribution is 0.0597. The van der Waals surface area contributed by atoms with Gasteiger partial charge in [0.1, 0.15) is 0 Å². The Bertz CT molecular complexity index is 376.